The zero-order chi connectivity index (χ0) is 14.1. The predicted octanol–water partition coefficient (Wildman–Crippen LogP) is 2.77. The highest BCUT2D eigenvalue weighted by Crippen LogP contribution is 2.07. The van der Waals surface area contributed by atoms with E-state index in [9.17, 15) is 0 Å². The number of hydrogen-bond donors (Lipinski definition) is 1. The Labute approximate surface area is 118 Å². The first-order valence-electron chi connectivity index (χ1n) is 7.25. The minimum absolute atomic E-state index is 0.599. The lowest BCUT2D eigenvalue weighted by Crippen LogP contribution is -2.41. The quantitative estimate of drug-likeness (QED) is 0.694. The smallest absolute Gasteiger partial charge is 0.119 e. The normalized spacial score (nSPS) is 11.5. The largest absolute Gasteiger partial charge is 0.492 e. The van der Waals surface area contributed by atoms with E-state index in [1.54, 1.807) is 0 Å². The molecule has 0 aromatic heterocycles. The molecule has 3 nitrogen and oxygen atoms in total. The lowest BCUT2D eigenvalue weighted by atomic mass is 10.2. The first-order valence-corrected chi connectivity index (χ1v) is 7.25. The van der Waals surface area contributed by atoms with Crippen molar-refractivity contribution in [3.05, 3.63) is 30.3 Å². The fourth-order valence-corrected chi connectivity index (χ4v) is 2.20. The molecule has 0 fully saturated rings. The van der Waals surface area contributed by atoms with Crippen LogP contribution in [0.1, 0.15) is 27.7 Å². The molecule has 0 heterocycles. The number of ether oxygens (including phenoxy) is 1. The second kappa shape index (κ2) is 8.94. The van der Waals surface area contributed by atoms with E-state index < -0.39 is 0 Å². The van der Waals surface area contributed by atoms with Crippen LogP contribution in [-0.4, -0.2) is 43.2 Å². The van der Waals surface area contributed by atoms with Gasteiger partial charge in [0.05, 0.1) is 0 Å². The molecule has 1 rings (SSSR count). The Morgan fingerprint density at radius 2 is 1.63 bits per heavy atom. The Bertz CT molecular complexity index is 317. The van der Waals surface area contributed by atoms with Crippen LogP contribution in [0, 0.1) is 0 Å². The molecule has 3 heteroatoms. The molecule has 0 saturated heterocycles. The summed E-state index contributed by atoms with van der Waals surface area (Å²) in [6, 6.07) is 11.2. The molecule has 0 aliphatic carbocycles. The Morgan fingerprint density at radius 3 is 2.21 bits per heavy atom. The molecule has 0 unspecified atom stereocenters. The van der Waals surface area contributed by atoms with Crippen LogP contribution in [0.25, 0.3) is 0 Å². The summed E-state index contributed by atoms with van der Waals surface area (Å²) < 4.78 is 5.63. The molecule has 0 atom stereocenters. The summed E-state index contributed by atoms with van der Waals surface area (Å²) in [5, 5.41) is 3.43. The van der Waals surface area contributed by atoms with Gasteiger partial charge >= 0.3 is 0 Å². The van der Waals surface area contributed by atoms with Gasteiger partial charge in [0.1, 0.15) is 12.4 Å². The molecule has 0 radical (unpaired) electrons. The van der Waals surface area contributed by atoms with Gasteiger partial charge in [0.15, 0.2) is 0 Å². The number of nitrogens with zero attached hydrogens (tertiary/aromatic N) is 1. The van der Waals surface area contributed by atoms with Gasteiger partial charge < -0.3 is 10.1 Å². The molecule has 1 N–H and O–H groups in total. The van der Waals surface area contributed by atoms with Gasteiger partial charge in [-0.3, -0.25) is 4.90 Å². The third-order valence-corrected chi connectivity index (χ3v) is 3.16. The SMILES string of the molecule is CC(C)N(CCNCCOc1ccccc1)C(C)C. The first kappa shape index (κ1) is 16.0. The zero-order valence-corrected chi connectivity index (χ0v) is 12.7. The molecular formula is C16H28N2O. The molecule has 0 amide bonds. The monoisotopic (exact) mass is 264 g/mol. The molecule has 1 aromatic rings. The van der Waals surface area contributed by atoms with Gasteiger partial charge in [-0.1, -0.05) is 18.2 Å². The molecule has 0 spiro atoms. The van der Waals surface area contributed by atoms with Crippen LogP contribution in [0.2, 0.25) is 0 Å². The maximum absolute atomic E-state index is 5.63. The summed E-state index contributed by atoms with van der Waals surface area (Å²) in [5.74, 6) is 0.940. The summed E-state index contributed by atoms with van der Waals surface area (Å²) in [4.78, 5) is 2.49. The molecule has 0 bridgehead atoms. The standard InChI is InChI=1S/C16H28N2O/c1-14(2)18(15(3)4)12-10-17-11-13-19-16-8-6-5-7-9-16/h5-9,14-15,17H,10-13H2,1-4H3. The zero-order valence-electron chi connectivity index (χ0n) is 12.7. The van der Waals surface area contributed by atoms with E-state index >= 15 is 0 Å². The summed E-state index contributed by atoms with van der Waals surface area (Å²) in [7, 11) is 0. The minimum Gasteiger partial charge on any atom is -0.492 e. The molecular weight excluding hydrogens is 236 g/mol. The average molecular weight is 264 g/mol. The highest BCUT2D eigenvalue weighted by Gasteiger charge is 2.11. The number of rotatable bonds is 9. The van der Waals surface area contributed by atoms with E-state index in [4.69, 9.17) is 4.74 Å². The predicted molar refractivity (Wildman–Crippen MR) is 81.8 cm³/mol. The van der Waals surface area contributed by atoms with Crippen molar-refractivity contribution in [1.29, 1.82) is 0 Å². The molecule has 0 saturated carbocycles. The highest BCUT2D eigenvalue weighted by atomic mass is 16.5. The van der Waals surface area contributed by atoms with E-state index in [-0.39, 0.29) is 0 Å². The first-order chi connectivity index (χ1) is 9.11. The Balaban J connectivity index is 2.08. The Hall–Kier alpha value is -1.06. The fraction of sp³-hybridized carbons (Fsp3) is 0.625. The summed E-state index contributed by atoms with van der Waals surface area (Å²) >= 11 is 0. The van der Waals surface area contributed by atoms with Crippen LogP contribution in [-0.2, 0) is 0 Å². The molecule has 108 valence electrons. The van der Waals surface area contributed by atoms with E-state index in [1.807, 2.05) is 30.3 Å². The number of nitrogens with one attached hydrogen (secondary N) is 1. The van der Waals surface area contributed by atoms with Gasteiger partial charge in [-0.25, -0.2) is 0 Å². The maximum Gasteiger partial charge on any atom is 0.119 e. The maximum atomic E-state index is 5.63. The molecule has 1 aromatic carbocycles. The van der Waals surface area contributed by atoms with E-state index in [1.165, 1.54) is 0 Å². The number of hydrogen-bond acceptors (Lipinski definition) is 3. The Morgan fingerprint density at radius 1 is 1.00 bits per heavy atom. The second-order valence-corrected chi connectivity index (χ2v) is 5.34. The van der Waals surface area contributed by atoms with Crippen molar-refractivity contribution in [3.63, 3.8) is 0 Å². The van der Waals surface area contributed by atoms with E-state index in [2.05, 4.69) is 37.9 Å². The minimum atomic E-state index is 0.599. The van der Waals surface area contributed by atoms with Crippen LogP contribution < -0.4 is 10.1 Å². The van der Waals surface area contributed by atoms with Gasteiger partial charge in [-0.2, -0.15) is 0 Å². The van der Waals surface area contributed by atoms with Gasteiger partial charge in [0.25, 0.3) is 0 Å². The van der Waals surface area contributed by atoms with Crippen LogP contribution in [0.15, 0.2) is 30.3 Å². The van der Waals surface area contributed by atoms with Crippen molar-refractivity contribution in [2.75, 3.05) is 26.2 Å². The van der Waals surface area contributed by atoms with Crippen molar-refractivity contribution in [1.82, 2.24) is 10.2 Å². The number of benzene rings is 1. The van der Waals surface area contributed by atoms with Crippen LogP contribution in [0.3, 0.4) is 0 Å². The topological polar surface area (TPSA) is 24.5 Å². The van der Waals surface area contributed by atoms with E-state index in [0.717, 1.165) is 25.4 Å². The molecule has 0 aliphatic heterocycles. The van der Waals surface area contributed by atoms with Crippen molar-refractivity contribution >= 4 is 0 Å². The van der Waals surface area contributed by atoms with Crippen molar-refractivity contribution in [2.24, 2.45) is 0 Å². The van der Waals surface area contributed by atoms with Gasteiger partial charge in [-0.15, -0.1) is 0 Å². The van der Waals surface area contributed by atoms with Crippen LogP contribution >= 0.6 is 0 Å². The average Bonchev–Trinajstić information content (AvgIpc) is 2.38. The van der Waals surface area contributed by atoms with Crippen molar-refractivity contribution in [2.45, 2.75) is 39.8 Å². The number of para-hydroxylation sites is 1. The third-order valence-electron chi connectivity index (χ3n) is 3.16. The lowest BCUT2D eigenvalue weighted by Gasteiger charge is -2.30. The molecule has 19 heavy (non-hydrogen) atoms. The molecule has 0 aliphatic rings. The lowest BCUT2D eigenvalue weighted by molar-refractivity contribution is 0.175. The summed E-state index contributed by atoms with van der Waals surface area (Å²) in [6.07, 6.45) is 0. The van der Waals surface area contributed by atoms with Crippen molar-refractivity contribution in [3.8, 4) is 5.75 Å². The highest BCUT2D eigenvalue weighted by molar-refractivity contribution is 5.20. The van der Waals surface area contributed by atoms with Crippen molar-refractivity contribution < 1.29 is 4.74 Å². The summed E-state index contributed by atoms with van der Waals surface area (Å²) in [5.41, 5.74) is 0. The van der Waals surface area contributed by atoms with Crippen LogP contribution in [0.4, 0.5) is 0 Å². The summed E-state index contributed by atoms with van der Waals surface area (Å²) in [6.45, 7) is 12.7. The van der Waals surface area contributed by atoms with Gasteiger partial charge in [0.2, 0.25) is 0 Å². The third kappa shape index (κ3) is 6.60. The van der Waals surface area contributed by atoms with Crippen LogP contribution in [0.5, 0.6) is 5.75 Å². The second-order valence-electron chi connectivity index (χ2n) is 5.34. The van der Waals surface area contributed by atoms with E-state index in [0.29, 0.717) is 18.7 Å². The van der Waals surface area contributed by atoms with Gasteiger partial charge in [-0.05, 0) is 39.8 Å². The van der Waals surface area contributed by atoms with Gasteiger partial charge in [0, 0.05) is 31.7 Å². The fourth-order valence-electron chi connectivity index (χ4n) is 2.20. The Kier molecular flexibility index (Phi) is 7.53.